The Hall–Kier alpha value is 0.0600. The van der Waals surface area contributed by atoms with Gasteiger partial charge in [0, 0.05) is 5.92 Å². The molecule has 0 nitrogen and oxygen atoms in total. The third-order valence-corrected chi connectivity index (χ3v) is 4.67. The first kappa shape index (κ1) is 10.6. The van der Waals surface area contributed by atoms with Gasteiger partial charge in [0.1, 0.15) is 4.33 Å². The zero-order chi connectivity index (χ0) is 10.3. The van der Waals surface area contributed by atoms with Crippen molar-refractivity contribution in [3.8, 4) is 0 Å². The second-order valence-corrected chi connectivity index (χ2v) is 5.89. The molecule has 0 N–H and O–H groups in total. The lowest BCUT2D eigenvalue weighted by Gasteiger charge is -2.31. The van der Waals surface area contributed by atoms with Gasteiger partial charge in [-0.2, -0.15) is 0 Å². The van der Waals surface area contributed by atoms with E-state index in [0.29, 0.717) is 17.8 Å². The minimum atomic E-state index is -0.551. The Morgan fingerprint density at radius 1 is 1.50 bits per heavy atom. The summed E-state index contributed by atoms with van der Waals surface area (Å²) in [6, 6.07) is 0. The van der Waals surface area contributed by atoms with Crippen molar-refractivity contribution in [3.63, 3.8) is 0 Å². The van der Waals surface area contributed by atoms with Crippen LogP contribution in [0.3, 0.4) is 0 Å². The molecule has 1 fully saturated rings. The van der Waals surface area contributed by atoms with E-state index in [-0.39, 0.29) is 0 Å². The zero-order valence-electron chi connectivity index (χ0n) is 8.63. The Morgan fingerprint density at radius 2 is 2.21 bits per heavy atom. The van der Waals surface area contributed by atoms with Crippen LogP contribution in [0.25, 0.3) is 0 Å². The highest BCUT2D eigenvalue weighted by Gasteiger charge is 2.51. The number of rotatable bonds is 1. The van der Waals surface area contributed by atoms with Crippen molar-refractivity contribution in [1.29, 1.82) is 0 Å². The Bertz CT molecular complexity index is 289. The fraction of sp³-hybridized carbons (Fsp3) is 0.667. The molecule has 2 rings (SSSR count). The van der Waals surface area contributed by atoms with Crippen LogP contribution in [-0.2, 0) is 0 Å². The molecule has 14 heavy (non-hydrogen) atoms. The normalized spacial score (nSPS) is 39.4. The van der Waals surface area contributed by atoms with Gasteiger partial charge in [-0.3, -0.25) is 0 Å². The lowest BCUT2D eigenvalue weighted by molar-refractivity contribution is 0.400. The van der Waals surface area contributed by atoms with E-state index in [4.69, 9.17) is 23.2 Å². The second kappa shape index (κ2) is 3.57. The van der Waals surface area contributed by atoms with Gasteiger partial charge in [-0.15, -0.1) is 23.2 Å². The molecule has 0 aliphatic heterocycles. The summed E-state index contributed by atoms with van der Waals surface area (Å²) in [6.07, 6.45) is 8.67. The van der Waals surface area contributed by atoms with Crippen molar-refractivity contribution in [1.82, 2.24) is 0 Å². The Kier molecular flexibility index (Phi) is 2.70. The van der Waals surface area contributed by atoms with Gasteiger partial charge in [-0.05, 0) is 18.3 Å². The van der Waals surface area contributed by atoms with Crippen molar-refractivity contribution in [2.75, 3.05) is 0 Å². The fourth-order valence-corrected chi connectivity index (χ4v) is 3.93. The number of alkyl halides is 2. The summed E-state index contributed by atoms with van der Waals surface area (Å²) in [5.74, 6) is 1.23. The van der Waals surface area contributed by atoms with Gasteiger partial charge < -0.3 is 0 Å². The number of hydrogen-bond donors (Lipinski definition) is 0. The Balaban J connectivity index is 2.34. The second-order valence-electron chi connectivity index (χ2n) is 4.45. The third kappa shape index (κ3) is 1.44. The third-order valence-electron chi connectivity index (χ3n) is 3.58. The van der Waals surface area contributed by atoms with Crippen LogP contribution in [0.2, 0.25) is 0 Å². The zero-order valence-corrected chi connectivity index (χ0v) is 10.1. The number of allylic oxidation sites excluding steroid dienone is 4. The molecule has 2 heteroatoms. The maximum absolute atomic E-state index is 6.49. The van der Waals surface area contributed by atoms with Crippen molar-refractivity contribution in [3.05, 3.63) is 23.8 Å². The fourth-order valence-electron chi connectivity index (χ4n) is 2.79. The average molecular weight is 231 g/mol. The summed E-state index contributed by atoms with van der Waals surface area (Å²) >= 11 is 13.0. The molecule has 0 aromatic carbocycles. The van der Waals surface area contributed by atoms with E-state index >= 15 is 0 Å². The van der Waals surface area contributed by atoms with Gasteiger partial charge in [0.15, 0.2) is 0 Å². The average Bonchev–Trinajstić information content (AvgIpc) is 2.38. The summed E-state index contributed by atoms with van der Waals surface area (Å²) < 4.78 is -0.551. The minimum Gasteiger partial charge on any atom is -0.101 e. The quantitative estimate of drug-likeness (QED) is 0.589. The van der Waals surface area contributed by atoms with Crippen LogP contribution in [0, 0.1) is 17.8 Å². The number of hydrogen-bond acceptors (Lipinski definition) is 0. The van der Waals surface area contributed by atoms with Crippen molar-refractivity contribution < 1.29 is 0 Å². The van der Waals surface area contributed by atoms with E-state index < -0.39 is 4.33 Å². The molecule has 0 radical (unpaired) electrons. The molecule has 0 aromatic rings. The lowest BCUT2D eigenvalue weighted by Crippen LogP contribution is -2.31. The van der Waals surface area contributed by atoms with Gasteiger partial charge in [-0.25, -0.2) is 0 Å². The molecule has 0 spiro atoms. The van der Waals surface area contributed by atoms with E-state index in [2.05, 4.69) is 32.1 Å². The smallest absolute Gasteiger partial charge is 0.101 e. The van der Waals surface area contributed by atoms with Crippen LogP contribution in [0.15, 0.2) is 23.8 Å². The minimum absolute atomic E-state index is 0.334. The highest BCUT2D eigenvalue weighted by atomic mass is 35.5. The summed E-state index contributed by atoms with van der Waals surface area (Å²) in [7, 11) is 0. The summed E-state index contributed by atoms with van der Waals surface area (Å²) in [5, 5.41) is 0. The van der Waals surface area contributed by atoms with Crippen LogP contribution in [0.4, 0.5) is 0 Å². The van der Waals surface area contributed by atoms with Crippen molar-refractivity contribution in [2.24, 2.45) is 17.8 Å². The molecule has 0 aromatic heterocycles. The largest absolute Gasteiger partial charge is 0.128 e. The molecule has 0 saturated heterocycles. The SMILES string of the molecule is CCC1CC2=CC=CC(C)C2C1(Cl)Cl. The predicted molar refractivity (Wildman–Crippen MR) is 62.7 cm³/mol. The van der Waals surface area contributed by atoms with E-state index in [1.54, 1.807) is 0 Å². The maximum Gasteiger partial charge on any atom is 0.128 e. The van der Waals surface area contributed by atoms with Crippen LogP contribution in [0.1, 0.15) is 26.7 Å². The van der Waals surface area contributed by atoms with E-state index in [1.165, 1.54) is 5.57 Å². The van der Waals surface area contributed by atoms with Gasteiger partial charge >= 0.3 is 0 Å². The molecule has 1 saturated carbocycles. The van der Waals surface area contributed by atoms with Gasteiger partial charge in [0.2, 0.25) is 0 Å². The van der Waals surface area contributed by atoms with Crippen LogP contribution < -0.4 is 0 Å². The molecule has 78 valence electrons. The molecular weight excluding hydrogens is 215 g/mol. The van der Waals surface area contributed by atoms with Gasteiger partial charge in [-0.1, -0.05) is 44.1 Å². The van der Waals surface area contributed by atoms with Gasteiger partial charge in [0.25, 0.3) is 0 Å². The molecule has 0 bridgehead atoms. The maximum atomic E-state index is 6.49. The molecule has 0 amide bonds. The summed E-state index contributed by atoms with van der Waals surface area (Å²) in [5.41, 5.74) is 1.44. The van der Waals surface area contributed by atoms with Crippen molar-refractivity contribution in [2.45, 2.75) is 31.0 Å². The molecule has 3 unspecified atom stereocenters. The van der Waals surface area contributed by atoms with Crippen LogP contribution in [0.5, 0.6) is 0 Å². The monoisotopic (exact) mass is 230 g/mol. The van der Waals surface area contributed by atoms with Crippen LogP contribution >= 0.6 is 23.2 Å². The van der Waals surface area contributed by atoms with Crippen LogP contribution in [-0.4, -0.2) is 4.33 Å². The Labute approximate surface area is 96.0 Å². The number of halogens is 2. The lowest BCUT2D eigenvalue weighted by atomic mass is 9.84. The summed E-state index contributed by atoms with van der Waals surface area (Å²) in [4.78, 5) is 0. The van der Waals surface area contributed by atoms with Crippen molar-refractivity contribution >= 4 is 23.2 Å². The molecule has 0 heterocycles. The highest BCUT2D eigenvalue weighted by Crippen LogP contribution is 2.56. The topological polar surface area (TPSA) is 0 Å². The van der Waals surface area contributed by atoms with E-state index in [0.717, 1.165) is 12.8 Å². The van der Waals surface area contributed by atoms with E-state index in [9.17, 15) is 0 Å². The number of fused-ring (bicyclic) bond motifs is 1. The molecule has 2 aliphatic carbocycles. The summed E-state index contributed by atoms with van der Waals surface area (Å²) in [6.45, 7) is 4.37. The highest BCUT2D eigenvalue weighted by molar-refractivity contribution is 6.49. The van der Waals surface area contributed by atoms with E-state index in [1.807, 2.05) is 0 Å². The first-order chi connectivity index (χ1) is 6.57. The molecule has 2 aliphatic rings. The molecule has 3 atom stereocenters. The first-order valence-corrected chi connectivity index (χ1v) is 6.08. The molecular formula is C12H16Cl2. The van der Waals surface area contributed by atoms with Gasteiger partial charge in [0.05, 0.1) is 0 Å². The standard InChI is InChI=1S/C12H16Cl2/c1-3-10-7-9-6-4-5-8(2)11(9)12(10,13)14/h4-6,8,10-11H,3,7H2,1-2H3. The Morgan fingerprint density at radius 3 is 2.79 bits per heavy atom. The predicted octanol–water partition coefficient (Wildman–Crippen LogP) is 4.34. The first-order valence-electron chi connectivity index (χ1n) is 5.32.